The first-order valence-electron chi connectivity index (χ1n) is 8.15. The lowest BCUT2D eigenvalue weighted by atomic mass is 9.89. The maximum absolute atomic E-state index is 12.1. The Bertz CT molecular complexity index is 496. The number of fused-ring (bicyclic) bond motifs is 1. The van der Waals surface area contributed by atoms with Crippen molar-refractivity contribution in [2.24, 2.45) is 11.7 Å². The molecule has 1 aromatic carbocycles. The quantitative estimate of drug-likeness (QED) is 0.874. The molecule has 21 heavy (non-hydrogen) atoms. The number of aryl methyl sites for hydroxylation is 2. The highest BCUT2D eigenvalue weighted by Gasteiger charge is 2.18. The number of nitrogens with one attached hydrogen (secondary N) is 1. The van der Waals surface area contributed by atoms with E-state index in [2.05, 4.69) is 37.4 Å². The normalized spacial score (nSPS) is 17.2. The van der Waals surface area contributed by atoms with E-state index < -0.39 is 6.04 Å². The molecule has 1 amide bonds. The third-order valence-electron chi connectivity index (χ3n) is 4.29. The highest BCUT2D eigenvalue weighted by molar-refractivity contribution is 5.81. The van der Waals surface area contributed by atoms with Gasteiger partial charge in [0.15, 0.2) is 0 Å². The number of carbonyl (C=O) groups excluding carboxylic acids is 1. The summed E-state index contributed by atoms with van der Waals surface area (Å²) >= 11 is 0. The second-order valence-electron chi connectivity index (χ2n) is 6.70. The molecule has 0 radical (unpaired) electrons. The van der Waals surface area contributed by atoms with Gasteiger partial charge < -0.3 is 11.1 Å². The average molecular weight is 288 g/mol. The first-order valence-corrected chi connectivity index (χ1v) is 8.15. The summed E-state index contributed by atoms with van der Waals surface area (Å²) in [6.45, 7) is 6.20. The minimum absolute atomic E-state index is 0.0166. The fourth-order valence-electron chi connectivity index (χ4n) is 3.04. The van der Waals surface area contributed by atoms with E-state index in [-0.39, 0.29) is 11.9 Å². The zero-order chi connectivity index (χ0) is 15.4. The van der Waals surface area contributed by atoms with Gasteiger partial charge in [-0.1, -0.05) is 32.0 Å². The summed E-state index contributed by atoms with van der Waals surface area (Å²) in [4.78, 5) is 12.1. The van der Waals surface area contributed by atoms with Gasteiger partial charge in [0.1, 0.15) is 0 Å². The van der Waals surface area contributed by atoms with Crippen LogP contribution < -0.4 is 11.1 Å². The third-order valence-corrected chi connectivity index (χ3v) is 4.29. The predicted molar refractivity (Wildman–Crippen MR) is 87.1 cm³/mol. The highest BCUT2D eigenvalue weighted by atomic mass is 16.2. The SMILES string of the molecule is CC(C)CC(N)C(=O)NC(C)c1ccc2c(c1)CCCC2. The Labute approximate surface area is 128 Å². The highest BCUT2D eigenvalue weighted by Crippen LogP contribution is 2.24. The van der Waals surface area contributed by atoms with E-state index in [1.165, 1.54) is 36.0 Å². The van der Waals surface area contributed by atoms with E-state index in [4.69, 9.17) is 5.73 Å². The number of nitrogens with two attached hydrogens (primary N) is 1. The van der Waals surface area contributed by atoms with E-state index in [9.17, 15) is 4.79 Å². The molecule has 1 aliphatic rings. The maximum Gasteiger partial charge on any atom is 0.237 e. The molecule has 1 aromatic rings. The van der Waals surface area contributed by atoms with Crippen molar-refractivity contribution < 1.29 is 4.79 Å². The van der Waals surface area contributed by atoms with Crippen LogP contribution in [0, 0.1) is 5.92 Å². The van der Waals surface area contributed by atoms with Gasteiger partial charge in [-0.25, -0.2) is 0 Å². The Kier molecular flexibility index (Phi) is 5.40. The molecule has 0 saturated heterocycles. The van der Waals surface area contributed by atoms with Crippen LogP contribution in [-0.2, 0) is 17.6 Å². The van der Waals surface area contributed by atoms with E-state index in [0.717, 1.165) is 12.8 Å². The largest absolute Gasteiger partial charge is 0.348 e. The van der Waals surface area contributed by atoms with Gasteiger partial charge in [0, 0.05) is 0 Å². The molecule has 3 heteroatoms. The second kappa shape index (κ2) is 7.08. The van der Waals surface area contributed by atoms with Crippen molar-refractivity contribution in [3.8, 4) is 0 Å². The van der Waals surface area contributed by atoms with Gasteiger partial charge in [0.25, 0.3) is 0 Å². The number of carbonyl (C=O) groups is 1. The van der Waals surface area contributed by atoms with Crippen molar-refractivity contribution in [3.05, 3.63) is 34.9 Å². The fraction of sp³-hybridized carbons (Fsp3) is 0.611. The predicted octanol–water partition coefficient (Wildman–Crippen LogP) is 3.12. The van der Waals surface area contributed by atoms with Crippen LogP contribution in [0.3, 0.4) is 0 Å². The van der Waals surface area contributed by atoms with Gasteiger partial charge >= 0.3 is 0 Å². The Balaban J connectivity index is 2.00. The molecule has 0 aliphatic heterocycles. The molecule has 0 fully saturated rings. The summed E-state index contributed by atoms with van der Waals surface area (Å²) in [5.41, 5.74) is 10.0. The monoisotopic (exact) mass is 288 g/mol. The number of rotatable bonds is 5. The molecule has 2 atom stereocenters. The first-order chi connectivity index (χ1) is 9.97. The van der Waals surface area contributed by atoms with Crippen LogP contribution in [0.15, 0.2) is 18.2 Å². The Hall–Kier alpha value is -1.35. The lowest BCUT2D eigenvalue weighted by Crippen LogP contribution is -2.42. The summed E-state index contributed by atoms with van der Waals surface area (Å²) < 4.78 is 0. The summed E-state index contributed by atoms with van der Waals surface area (Å²) in [7, 11) is 0. The Morgan fingerprint density at radius 3 is 2.52 bits per heavy atom. The van der Waals surface area contributed by atoms with Crippen molar-refractivity contribution in [1.82, 2.24) is 5.32 Å². The number of benzene rings is 1. The molecular weight excluding hydrogens is 260 g/mol. The number of hydrogen-bond acceptors (Lipinski definition) is 2. The topological polar surface area (TPSA) is 55.1 Å². The molecule has 3 nitrogen and oxygen atoms in total. The third kappa shape index (κ3) is 4.31. The second-order valence-corrected chi connectivity index (χ2v) is 6.70. The van der Waals surface area contributed by atoms with Crippen molar-refractivity contribution in [2.45, 2.75) is 65.0 Å². The molecule has 1 aliphatic carbocycles. The van der Waals surface area contributed by atoms with Gasteiger partial charge in [-0.15, -0.1) is 0 Å². The van der Waals surface area contributed by atoms with Crippen LogP contribution in [-0.4, -0.2) is 11.9 Å². The zero-order valence-corrected chi connectivity index (χ0v) is 13.5. The number of hydrogen-bond donors (Lipinski definition) is 2. The van der Waals surface area contributed by atoms with Gasteiger partial charge in [-0.3, -0.25) is 4.79 Å². The summed E-state index contributed by atoms with van der Waals surface area (Å²) in [5.74, 6) is 0.388. The van der Waals surface area contributed by atoms with Crippen molar-refractivity contribution in [2.75, 3.05) is 0 Å². The van der Waals surface area contributed by atoms with Crippen molar-refractivity contribution >= 4 is 5.91 Å². The molecule has 2 rings (SSSR count). The van der Waals surface area contributed by atoms with Crippen molar-refractivity contribution in [1.29, 1.82) is 0 Å². The van der Waals surface area contributed by atoms with Gasteiger partial charge in [0.2, 0.25) is 5.91 Å². The van der Waals surface area contributed by atoms with Crippen LogP contribution in [0.25, 0.3) is 0 Å². The smallest absolute Gasteiger partial charge is 0.237 e. The Morgan fingerprint density at radius 1 is 1.19 bits per heavy atom. The van der Waals surface area contributed by atoms with E-state index in [0.29, 0.717) is 5.92 Å². The first kappa shape index (κ1) is 16.0. The van der Waals surface area contributed by atoms with Crippen LogP contribution in [0.1, 0.15) is 62.8 Å². The number of amides is 1. The molecule has 0 aromatic heterocycles. The molecule has 0 saturated carbocycles. The maximum atomic E-state index is 12.1. The van der Waals surface area contributed by atoms with Gasteiger partial charge in [-0.2, -0.15) is 0 Å². The minimum Gasteiger partial charge on any atom is -0.348 e. The van der Waals surface area contributed by atoms with Crippen LogP contribution in [0.5, 0.6) is 0 Å². The molecular formula is C18H28N2O. The standard InChI is InChI=1S/C18H28N2O/c1-12(2)10-17(19)18(21)20-13(3)15-9-8-14-6-4-5-7-16(14)11-15/h8-9,11-13,17H,4-7,10,19H2,1-3H3,(H,20,21). The van der Waals surface area contributed by atoms with Gasteiger partial charge in [-0.05, 0) is 61.6 Å². The summed E-state index contributed by atoms with van der Waals surface area (Å²) in [6.07, 6.45) is 5.65. The molecule has 2 unspecified atom stereocenters. The van der Waals surface area contributed by atoms with E-state index in [1.54, 1.807) is 0 Å². The zero-order valence-electron chi connectivity index (χ0n) is 13.5. The lowest BCUT2D eigenvalue weighted by molar-refractivity contribution is -0.123. The van der Waals surface area contributed by atoms with Crippen molar-refractivity contribution in [3.63, 3.8) is 0 Å². The fourth-order valence-corrected chi connectivity index (χ4v) is 3.04. The van der Waals surface area contributed by atoms with Crippen LogP contribution in [0.2, 0.25) is 0 Å². The van der Waals surface area contributed by atoms with E-state index in [1.807, 2.05) is 6.92 Å². The Morgan fingerprint density at radius 2 is 1.86 bits per heavy atom. The average Bonchev–Trinajstić information content (AvgIpc) is 2.45. The minimum atomic E-state index is -0.412. The lowest BCUT2D eigenvalue weighted by Gasteiger charge is -2.21. The summed E-state index contributed by atoms with van der Waals surface area (Å²) in [5, 5.41) is 3.04. The molecule has 0 heterocycles. The molecule has 0 spiro atoms. The molecule has 116 valence electrons. The molecule has 0 bridgehead atoms. The van der Waals surface area contributed by atoms with Crippen LogP contribution >= 0.6 is 0 Å². The summed E-state index contributed by atoms with van der Waals surface area (Å²) in [6, 6.07) is 6.23. The molecule has 3 N–H and O–H groups in total. The van der Waals surface area contributed by atoms with Crippen LogP contribution in [0.4, 0.5) is 0 Å². The van der Waals surface area contributed by atoms with E-state index >= 15 is 0 Å². The van der Waals surface area contributed by atoms with Gasteiger partial charge in [0.05, 0.1) is 12.1 Å².